The highest BCUT2D eigenvalue weighted by atomic mass is 16.3. The summed E-state index contributed by atoms with van der Waals surface area (Å²) < 4.78 is 0. The number of amides is 1. The predicted molar refractivity (Wildman–Crippen MR) is 156 cm³/mol. The third-order valence-electron chi connectivity index (χ3n) is 7.17. The smallest absolute Gasteiger partial charge is 0.222 e. The van der Waals surface area contributed by atoms with E-state index in [1.54, 1.807) is 13.8 Å². The van der Waals surface area contributed by atoms with E-state index in [-0.39, 0.29) is 36.1 Å². The second kappa shape index (κ2) is 18.5. The molecular weight excluding hydrogens is 464 g/mol. The van der Waals surface area contributed by atoms with E-state index in [1.165, 1.54) is 12.1 Å². The number of hydrogen-bond donors (Lipinski definition) is 3. The van der Waals surface area contributed by atoms with Crippen LogP contribution in [0.3, 0.4) is 0 Å². The molecule has 0 aromatic rings. The topological polar surface area (TPSA) is 99.0 Å². The second-order valence-corrected chi connectivity index (χ2v) is 11.6. The standard InChI is InChI=1S/C20H37NO4.C11H19N/c1-13-7-6-8-16(22)10-14(2)12-21-18(24)11-17(23)20(4,5)19(25)15(3)9-13;1-5-8-10(4)12-11(7-3)9-6-2/h13-17,22-23H,6-12H2,1-5H3,(H,21,24);6-7,9H,5,8H2,1-4H3/b;9-6-,11-7-,12-10?/t13?,14-,15?,16+,17?;/m0./s1. The van der Waals surface area contributed by atoms with Gasteiger partial charge in [0.25, 0.3) is 0 Å². The van der Waals surface area contributed by atoms with Gasteiger partial charge in [-0.3, -0.25) is 14.6 Å². The lowest BCUT2D eigenvalue weighted by atomic mass is 9.74. The molecule has 0 aliphatic carbocycles. The van der Waals surface area contributed by atoms with E-state index in [0.29, 0.717) is 18.9 Å². The number of Topliss-reactive ketones (excluding diaryl/α,β-unsaturated/α-hetero) is 1. The summed E-state index contributed by atoms with van der Waals surface area (Å²) >= 11 is 0. The van der Waals surface area contributed by atoms with Crippen molar-refractivity contribution in [1.29, 1.82) is 0 Å². The lowest BCUT2D eigenvalue weighted by molar-refractivity contribution is -0.139. The van der Waals surface area contributed by atoms with Crippen molar-refractivity contribution < 1.29 is 19.8 Å². The van der Waals surface area contributed by atoms with Gasteiger partial charge in [-0.2, -0.15) is 0 Å². The summed E-state index contributed by atoms with van der Waals surface area (Å²) in [7, 11) is 0. The van der Waals surface area contributed by atoms with Crippen molar-refractivity contribution in [2.75, 3.05) is 6.54 Å². The van der Waals surface area contributed by atoms with Crippen molar-refractivity contribution in [3.8, 4) is 0 Å². The highest BCUT2D eigenvalue weighted by Gasteiger charge is 2.39. The van der Waals surface area contributed by atoms with E-state index in [9.17, 15) is 19.8 Å². The molecule has 3 unspecified atom stereocenters. The Bertz CT molecular complexity index is 769. The zero-order valence-electron chi connectivity index (χ0n) is 25.1. The molecular formula is C31H56N2O4. The van der Waals surface area contributed by atoms with Crippen molar-refractivity contribution in [3.63, 3.8) is 0 Å². The monoisotopic (exact) mass is 520 g/mol. The molecule has 6 nitrogen and oxygen atoms in total. The highest BCUT2D eigenvalue weighted by molar-refractivity contribution is 5.87. The van der Waals surface area contributed by atoms with Gasteiger partial charge in [-0.25, -0.2) is 0 Å². The Morgan fingerprint density at radius 3 is 2.30 bits per heavy atom. The highest BCUT2D eigenvalue weighted by Crippen LogP contribution is 2.31. The maximum atomic E-state index is 12.8. The maximum absolute atomic E-state index is 12.8. The molecule has 1 aliphatic rings. The van der Waals surface area contributed by atoms with Crippen molar-refractivity contribution in [2.24, 2.45) is 28.2 Å². The van der Waals surface area contributed by atoms with Crippen LogP contribution >= 0.6 is 0 Å². The largest absolute Gasteiger partial charge is 0.393 e. The zero-order chi connectivity index (χ0) is 28.6. The van der Waals surface area contributed by atoms with Gasteiger partial charge in [-0.1, -0.05) is 73.0 Å². The number of nitrogens with zero attached hydrogens (tertiary/aromatic N) is 1. The summed E-state index contributed by atoms with van der Waals surface area (Å²) in [6, 6.07) is 0. The van der Waals surface area contributed by atoms with Gasteiger partial charge in [0, 0.05) is 18.2 Å². The van der Waals surface area contributed by atoms with Gasteiger partial charge in [0.05, 0.1) is 29.7 Å². The molecule has 0 spiro atoms. The molecule has 1 rings (SSSR count). The van der Waals surface area contributed by atoms with Crippen LogP contribution in [0.5, 0.6) is 0 Å². The van der Waals surface area contributed by atoms with Gasteiger partial charge in [-0.05, 0) is 64.4 Å². The summed E-state index contributed by atoms with van der Waals surface area (Å²) in [5.74, 6) is 0.187. The third kappa shape index (κ3) is 14.7. The van der Waals surface area contributed by atoms with Gasteiger partial charge < -0.3 is 15.5 Å². The fourth-order valence-corrected chi connectivity index (χ4v) is 4.79. The van der Waals surface area contributed by atoms with E-state index >= 15 is 0 Å². The Morgan fingerprint density at radius 2 is 1.73 bits per heavy atom. The zero-order valence-corrected chi connectivity index (χ0v) is 25.1. The van der Waals surface area contributed by atoms with Crippen LogP contribution < -0.4 is 5.32 Å². The van der Waals surface area contributed by atoms with Crippen molar-refractivity contribution in [1.82, 2.24) is 5.32 Å². The summed E-state index contributed by atoms with van der Waals surface area (Å²) in [6.07, 6.45) is 11.0. The first-order valence-electron chi connectivity index (χ1n) is 14.3. The normalized spacial score (nSPS) is 29.4. The number of allylic oxidation sites excluding steroid dienone is 3. The predicted octanol–water partition coefficient (Wildman–Crippen LogP) is 6.41. The van der Waals surface area contributed by atoms with Gasteiger partial charge in [-0.15, -0.1) is 0 Å². The molecule has 5 atom stereocenters. The van der Waals surface area contributed by atoms with Gasteiger partial charge in [0.15, 0.2) is 0 Å². The van der Waals surface area contributed by atoms with Crippen LogP contribution in [-0.4, -0.2) is 46.4 Å². The minimum Gasteiger partial charge on any atom is -0.393 e. The molecule has 3 N–H and O–H groups in total. The number of carbonyl (C=O) groups excluding carboxylic acids is 2. The number of aliphatic hydroxyl groups is 2. The lowest BCUT2D eigenvalue weighted by Gasteiger charge is -2.32. The maximum Gasteiger partial charge on any atom is 0.222 e. The van der Waals surface area contributed by atoms with Crippen LogP contribution in [0.25, 0.3) is 0 Å². The van der Waals surface area contributed by atoms with Crippen LogP contribution in [-0.2, 0) is 9.59 Å². The number of aliphatic imine (C=N–C) groups is 1. The Labute approximate surface area is 227 Å². The number of nitrogens with one attached hydrogen (secondary N) is 1. The Hall–Kier alpha value is -1.79. The van der Waals surface area contributed by atoms with Gasteiger partial charge in [0.1, 0.15) is 5.78 Å². The average molecular weight is 521 g/mol. The van der Waals surface area contributed by atoms with E-state index in [4.69, 9.17) is 0 Å². The summed E-state index contributed by atoms with van der Waals surface area (Å²) in [5, 5.41) is 23.4. The summed E-state index contributed by atoms with van der Waals surface area (Å²) in [6.45, 7) is 18.3. The average Bonchev–Trinajstić information content (AvgIpc) is 2.81. The van der Waals surface area contributed by atoms with Crippen molar-refractivity contribution in [3.05, 3.63) is 23.9 Å². The molecule has 0 aromatic carbocycles. The number of hydrogen-bond acceptors (Lipinski definition) is 5. The minimum absolute atomic E-state index is 0.0140. The first kappa shape index (κ1) is 35.2. The fourth-order valence-electron chi connectivity index (χ4n) is 4.79. The minimum atomic E-state index is -0.994. The number of ketones is 1. The molecule has 0 radical (unpaired) electrons. The molecule has 1 amide bonds. The summed E-state index contributed by atoms with van der Waals surface area (Å²) in [5.41, 5.74) is 1.34. The SMILES string of the molecule is C/C=C\C(=C\C)N=C(C)CCC.CC1CCC[C@@H](O)C[C@H](C)CNC(=O)CC(O)C(C)(C)C(=O)C(C)C1. The van der Waals surface area contributed by atoms with Crippen LogP contribution in [0.15, 0.2) is 28.9 Å². The first-order valence-corrected chi connectivity index (χ1v) is 14.3. The first-order chi connectivity index (χ1) is 17.3. The van der Waals surface area contributed by atoms with Gasteiger partial charge in [0.2, 0.25) is 5.91 Å². The molecule has 0 aromatic heterocycles. The van der Waals surface area contributed by atoms with Crippen molar-refractivity contribution >= 4 is 17.4 Å². The van der Waals surface area contributed by atoms with E-state index < -0.39 is 11.5 Å². The van der Waals surface area contributed by atoms with Crippen molar-refractivity contribution in [2.45, 2.75) is 126 Å². The van der Waals surface area contributed by atoms with Crippen LogP contribution in [0.1, 0.15) is 114 Å². The molecule has 1 heterocycles. The molecule has 214 valence electrons. The Morgan fingerprint density at radius 1 is 1.08 bits per heavy atom. The molecule has 37 heavy (non-hydrogen) atoms. The van der Waals surface area contributed by atoms with Crippen LogP contribution in [0.4, 0.5) is 0 Å². The number of carbonyl (C=O) groups is 2. The molecule has 0 bridgehead atoms. The molecule has 1 fully saturated rings. The van der Waals surface area contributed by atoms with Gasteiger partial charge >= 0.3 is 0 Å². The van der Waals surface area contributed by atoms with Crippen LogP contribution in [0.2, 0.25) is 0 Å². The quantitative estimate of drug-likeness (QED) is 0.295. The number of rotatable bonds is 4. The summed E-state index contributed by atoms with van der Waals surface area (Å²) in [4.78, 5) is 29.4. The van der Waals surface area contributed by atoms with E-state index in [0.717, 1.165) is 37.8 Å². The number of aliphatic hydroxyl groups excluding tert-OH is 2. The Balaban J connectivity index is 0.000000908. The lowest BCUT2D eigenvalue weighted by Crippen LogP contribution is -2.43. The Kier molecular flexibility index (Phi) is 17.6. The van der Waals surface area contributed by atoms with E-state index in [1.807, 2.05) is 45.9 Å². The van der Waals surface area contributed by atoms with Crippen LogP contribution in [0, 0.1) is 23.2 Å². The molecule has 1 saturated heterocycles. The second-order valence-electron chi connectivity index (χ2n) is 11.6. The third-order valence-corrected chi connectivity index (χ3v) is 7.17. The van der Waals surface area contributed by atoms with E-state index in [2.05, 4.69) is 31.1 Å². The molecule has 6 heteroatoms. The molecule has 0 saturated carbocycles. The molecule has 1 aliphatic heterocycles. The fraction of sp³-hybridized carbons (Fsp3) is 0.774.